The van der Waals surface area contributed by atoms with E-state index in [1.807, 2.05) is 31.2 Å². The van der Waals surface area contributed by atoms with Gasteiger partial charge in [0.05, 0.1) is 6.61 Å². The van der Waals surface area contributed by atoms with Crippen LogP contribution in [0.25, 0.3) is 0 Å². The average Bonchev–Trinajstić information content (AvgIpc) is 2.46. The predicted octanol–water partition coefficient (Wildman–Crippen LogP) is 4.13. The van der Waals surface area contributed by atoms with E-state index in [2.05, 4.69) is 11.8 Å². The molecule has 2 nitrogen and oxygen atoms in total. The van der Waals surface area contributed by atoms with Gasteiger partial charge < -0.3 is 4.74 Å². The van der Waals surface area contributed by atoms with E-state index in [0.29, 0.717) is 13.0 Å². The quantitative estimate of drug-likeness (QED) is 0.594. The van der Waals surface area contributed by atoms with Gasteiger partial charge in [-0.1, -0.05) is 43.5 Å². The van der Waals surface area contributed by atoms with Crippen molar-refractivity contribution in [1.29, 1.82) is 0 Å². The molecule has 1 atom stereocenters. The van der Waals surface area contributed by atoms with Crippen molar-refractivity contribution in [1.82, 2.24) is 0 Å². The topological polar surface area (TPSA) is 26.3 Å². The van der Waals surface area contributed by atoms with Gasteiger partial charge in [0.25, 0.3) is 0 Å². The number of ether oxygens (including phenoxy) is 1. The summed E-state index contributed by atoms with van der Waals surface area (Å²) in [5, 5.41) is 0. The third-order valence-corrected chi connectivity index (χ3v) is 3.58. The molecule has 0 aliphatic heterocycles. The van der Waals surface area contributed by atoms with Gasteiger partial charge in [0.1, 0.15) is 6.10 Å². The highest BCUT2D eigenvalue weighted by Gasteiger charge is 2.08. The van der Waals surface area contributed by atoms with E-state index in [9.17, 15) is 4.79 Å². The molecule has 0 fully saturated rings. The van der Waals surface area contributed by atoms with Gasteiger partial charge in [0.2, 0.25) is 0 Å². The first-order valence-corrected chi connectivity index (χ1v) is 7.51. The maximum absolute atomic E-state index is 11.6. The van der Waals surface area contributed by atoms with E-state index >= 15 is 0 Å². The van der Waals surface area contributed by atoms with Crippen molar-refractivity contribution < 1.29 is 9.53 Å². The summed E-state index contributed by atoms with van der Waals surface area (Å²) in [6.07, 6.45) is 6.30. The molecule has 20 heavy (non-hydrogen) atoms. The molecule has 0 saturated heterocycles. The zero-order valence-corrected chi connectivity index (χ0v) is 12.2. The minimum atomic E-state index is 0.0623. The highest BCUT2D eigenvalue weighted by atomic mass is 16.5. The van der Waals surface area contributed by atoms with Gasteiger partial charge in [-0.2, -0.15) is 0 Å². The van der Waals surface area contributed by atoms with Crippen LogP contribution < -0.4 is 0 Å². The standard InChI is InChI=1S/C18H22O2/c1-2-18(19)16-12-10-15(11-13-16)14-20-17-8-6-4-3-5-7-9-17/h10-13,17H,2-6,8,14H2,1H3. The Hall–Kier alpha value is -1.59. The smallest absolute Gasteiger partial charge is 0.162 e. The minimum Gasteiger partial charge on any atom is -0.361 e. The van der Waals surface area contributed by atoms with Crippen LogP contribution >= 0.6 is 0 Å². The molecule has 1 unspecified atom stereocenters. The maximum atomic E-state index is 11.6. The maximum Gasteiger partial charge on any atom is 0.162 e. The van der Waals surface area contributed by atoms with Crippen molar-refractivity contribution >= 4 is 5.78 Å². The lowest BCUT2D eigenvalue weighted by Gasteiger charge is -2.14. The Kier molecular flexibility index (Phi) is 5.83. The first-order valence-electron chi connectivity index (χ1n) is 7.51. The van der Waals surface area contributed by atoms with Gasteiger partial charge in [-0.3, -0.25) is 4.79 Å². The summed E-state index contributed by atoms with van der Waals surface area (Å²) >= 11 is 0. The van der Waals surface area contributed by atoms with Crippen LogP contribution in [-0.2, 0) is 11.3 Å². The molecule has 2 heteroatoms. The molecule has 0 heterocycles. The Bertz CT molecular complexity index is 490. The SMILES string of the molecule is CCC(=O)c1ccc(COC2C#CCCCCC2)cc1. The Morgan fingerprint density at radius 3 is 2.80 bits per heavy atom. The van der Waals surface area contributed by atoms with Crippen molar-refractivity contribution in [3.8, 4) is 11.8 Å². The molecule has 0 bridgehead atoms. The fourth-order valence-electron chi connectivity index (χ4n) is 2.29. The van der Waals surface area contributed by atoms with Crippen molar-refractivity contribution in [2.24, 2.45) is 0 Å². The van der Waals surface area contributed by atoms with E-state index in [-0.39, 0.29) is 11.9 Å². The van der Waals surface area contributed by atoms with E-state index in [1.54, 1.807) is 0 Å². The fraction of sp³-hybridized carbons (Fsp3) is 0.500. The van der Waals surface area contributed by atoms with E-state index in [0.717, 1.165) is 24.0 Å². The summed E-state index contributed by atoms with van der Waals surface area (Å²) < 4.78 is 5.87. The van der Waals surface area contributed by atoms with Crippen molar-refractivity contribution in [3.05, 3.63) is 35.4 Å². The Balaban J connectivity index is 1.88. The second kappa shape index (κ2) is 7.87. The van der Waals surface area contributed by atoms with Crippen LogP contribution in [0.2, 0.25) is 0 Å². The Morgan fingerprint density at radius 1 is 1.25 bits per heavy atom. The number of ketones is 1. The molecule has 0 amide bonds. The molecular weight excluding hydrogens is 248 g/mol. The fourth-order valence-corrected chi connectivity index (χ4v) is 2.29. The van der Waals surface area contributed by atoms with Gasteiger partial charge in [-0.15, -0.1) is 5.92 Å². The molecule has 1 aromatic carbocycles. The van der Waals surface area contributed by atoms with E-state index in [4.69, 9.17) is 4.74 Å². The summed E-state index contributed by atoms with van der Waals surface area (Å²) in [6.45, 7) is 2.45. The molecule has 2 rings (SSSR count). The summed E-state index contributed by atoms with van der Waals surface area (Å²) in [5.41, 5.74) is 1.88. The number of carbonyl (C=O) groups excluding carboxylic acids is 1. The van der Waals surface area contributed by atoms with Crippen molar-refractivity contribution in [3.63, 3.8) is 0 Å². The molecule has 0 N–H and O–H groups in total. The third-order valence-electron chi connectivity index (χ3n) is 3.58. The molecule has 1 aliphatic carbocycles. The molecular formula is C18H22O2. The van der Waals surface area contributed by atoms with Crippen LogP contribution in [0, 0.1) is 11.8 Å². The van der Waals surface area contributed by atoms with Crippen LogP contribution in [0.4, 0.5) is 0 Å². The number of rotatable bonds is 5. The van der Waals surface area contributed by atoms with Gasteiger partial charge in [0, 0.05) is 18.4 Å². The van der Waals surface area contributed by atoms with Crippen LogP contribution in [0.5, 0.6) is 0 Å². The third kappa shape index (κ3) is 4.51. The minimum absolute atomic E-state index is 0.0623. The molecule has 0 aromatic heterocycles. The van der Waals surface area contributed by atoms with Gasteiger partial charge in [0.15, 0.2) is 5.78 Å². The molecule has 0 radical (unpaired) electrons. The first kappa shape index (κ1) is 14.8. The molecule has 0 saturated carbocycles. The van der Waals surface area contributed by atoms with E-state index < -0.39 is 0 Å². The van der Waals surface area contributed by atoms with Crippen molar-refractivity contribution in [2.45, 2.75) is 58.2 Å². The molecule has 0 spiro atoms. The second-order valence-electron chi connectivity index (χ2n) is 5.19. The summed E-state index contributed by atoms with van der Waals surface area (Å²) in [5.74, 6) is 6.57. The number of hydrogen-bond acceptors (Lipinski definition) is 2. The second-order valence-corrected chi connectivity index (χ2v) is 5.19. The molecule has 1 aliphatic rings. The highest BCUT2D eigenvalue weighted by molar-refractivity contribution is 5.95. The normalized spacial score (nSPS) is 18.6. The zero-order valence-electron chi connectivity index (χ0n) is 12.2. The van der Waals surface area contributed by atoms with Gasteiger partial charge in [-0.25, -0.2) is 0 Å². The summed E-state index contributed by atoms with van der Waals surface area (Å²) in [6, 6.07) is 7.71. The lowest BCUT2D eigenvalue weighted by atomic mass is 10.1. The zero-order chi connectivity index (χ0) is 14.2. The molecule has 106 valence electrons. The largest absolute Gasteiger partial charge is 0.361 e. The van der Waals surface area contributed by atoms with Crippen molar-refractivity contribution in [2.75, 3.05) is 0 Å². The Labute approximate surface area is 121 Å². The Morgan fingerprint density at radius 2 is 2.05 bits per heavy atom. The molecule has 1 aromatic rings. The summed E-state index contributed by atoms with van der Waals surface area (Å²) in [7, 11) is 0. The van der Waals surface area contributed by atoms with Crippen LogP contribution in [0.15, 0.2) is 24.3 Å². The lowest BCUT2D eigenvalue weighted by Crippen LogP contribution is -2.11. The lowest BCUT2D eigenvalue weighted by molar-refractivity contribution is 0.0704. The van der Waals surface area contributed by atoms with Crippen LogP contribution in [0.3, 0.4) is 0 Å². The van der Waals surface area contributed by atoms with Crippen LogP contribution in [-0.4, -0.2) is 11.9 Å². The average molecular weight is 270 g/mol. The van der Waals surface area contributed by atoms with Gasteiger partial charge in [-0.05, 0) is 24.8 Å². The number of carbonyl (C=O) groups is 1. The number of Topliss-reactive ketones (excluding diaryl/α,β-unsaturated/α-hetero) is 1. The van der Waals surface area contributed by atoms with Crippen LogP contribution in [0.1, 0.15) is 61.4 Å². The highest BCUT2D eigenvalue weighted by Crippen LogP contribution is 2.14. The number of benzene rings is 1. The number of hydrogen-bond donors (Lipinski definition) is 0. The van der Waals surface area contributed by atoms with E-state index in [1.165, 1.54) is 19.3 Å². The van der Waals surface area contributed by atoms with Gasteiger partial charge >= 0.3 is 0 Å². The predicted molar refractivity (Wildman–Crippen MR) is 80.5 cm³/mol. The first-order chi connectivity index (χ1) is 9.79. The monoisotopic (exact) mass is 270 g/mol. The summed E-state index contributed by atoms with van der Waals surface area (Å²) in [4.78, 5) is 11.6.